The minimum atomic E-state index is -0.393. The lowest BCUT2D eigenvalue weighted by molar-refractivity contribution is -0.120. The SMILES string of the molecule is CNC(=O)c1noc(CNCc2nnc(C3CC(NC(C)=O)C3)n2C)n1. The van der Waals surface area contributed by atoms with Crippen LogP contribution >= 0.6 is 0 Å². The normalized spacial score (nSPS) is 19.0. The van der Waals surface area contributed by atoms with Crippen molar-refractivity contribution in [3.05, 3.63) is 23.4 Å². The summed E-state index contributed by atoms with van der Waals surface area (Å²) in [6, 6.07) is 0.225. The van der Waals surface area contributed by atoms with Crippen LogP contribution in [0.1, 0.15) is 53.8 Å². The van der Waals surface area contributed by atoms with E-state index in [2.05, 4.69) is 36.3 Å². The van der Waals surface area contributed by atoms with Crippen LogP contribution < -0.4 is 16.0 Å². The van der Waals surface area contributed by atoms with Crippen LogP contribution in [0.2, 0.25) is 0 Å². The molecule has 0 aliphatic heterocycles. The first kappa shape index (κ1) is 18.0. The first-order chi connectivity index (χ1) is 12.5. The molecule has 140 valence electrons. The van der Waals surface area contributed by atoms with Crippen LogP contribution in [0.25, 0.3) is 0 Å². The summed E-state index contributed by atoms with van der Waals surface area (Å²) in [5.41, 5.74) is 0. The average Bonchev–Trinajstić information content (AvgIpc) is 3.18. The Balaban J connectivity index is 1.49. The topological polar surface area (TPSA) is 140 Å². The largest absolute Gasteiger partial charge is 0.354 e. The van der Waals surface area contributed by atoms with Crippen molar-refractivity contribution < 1.29 is 14.1 Å². The van der Waals surface area contributed by atoms with Gasteiger partial charge in [0, 0.05) is 33.0 Å². The van der Waals surface area contributed by atoms with E-state index in [1.54, 1.807) is 0 Å². The Labute approximate surface area is 149 Å². The van der Waals surface area contributed by atoms with Crippen LogP contribution in [0.4, 0.5) is 0 Å². The van der Waals surface area contributed by atoms with Crippen molar-refractivity contribution in [3.63, 3.8) is 0 Å². The number of aromatic nitrogens is 5. The Morgan fingerprint density at radius 2 is 2.04 bits per heavy atom. The molecule has 1 aliphatic rings. The summed E-state index contributed by atoms with van der Waals surface area (Å²) in [6.07, 6.45) is 1.76. The fourth-order valence-electron chi connectivity index (χ4n) is 2.93. The van der Waals surface area contributed by atoms with E-state index in [4.69, 9.17) is 4.52 Å². The molecule has 0 spiro atoms. The second-order valence-electron chi connectivity index (χ2n) is 6.29. The summed E-state index contributed by atoms with van der Waals surface area (Å²) >= 11 is 0. The third-order valence-corrected chi connectivity index (χ3v) is 4.37. The van der Waals surface area contributed by atoms with Gasteiger partial charge in [0.1, 0.15) is 11.6 Å². The molecule has 2 amide bonds. The lowest BCUT2D eigenvalue weighted by atomic mass is 9.79. The van der Waals surface area contributed by atoms with Crippen LogP contribution in [0.5, 0.6) is 0 Å². The fraction of sp³-hybridized carbons (Fsp3) is 0.600. The predicted molar refractivity (Wildman–Crippen MR) is 88.8 cm³/mol. The van der Waals surface area contributed by atoms with Gasteiger partial charge in [-0.3, -0.25) is 9.59 Å². The Morgan fingerprint density at radius 1 is 1.27 bits per heavy atom. The zero-order valence-corrected chi connectivity index (χ0v) is 14.9. The van der Waals surface area contributed by atoms with Gasteiger partial charge in [-0.1, -0.05) is 5.16 Å². The first-order valence-corrected chi connectivity index (χ1v) is 8.38. The fourth-order valence-corrected chi connectivity index (χ4v) is 2.93. The molecule has 0 aromatic carbocycles. The van der Waals surface area contributed by atoms with Crippen molar-refractivity contribution in [2.24, 2.45) is 7.05 Å². The summed E-state index contributed by atoms with van der Waals surface area (Å²) in [7, 11) is 3.43. The maximum absolute atomic E-state index is 11.4. The zero-order chi connectivity index (χ0) is 18.7. The van der Waals surface area contributed by atoms with Crippen molar-refractivity contribution >= 4 is 11.8 Å². The maximum atomic E-state index is 11.4. The number of nitrogens with zero attached hydrogens (tertiary/aromatic N) is 5. The molecule has 1 aliphatic carbocycles. The maximum Gasteiger partial charge on any atom is 0.292 e. The molecule has 0 radical (unpaired) electrons. The molecule has 0 unspecified atom stereocenters. The van der Waals surface area contributed by atoms with Crippen molar-refractivity contribution in [2.45, 2.75) is 44.8 Å². The Hall–Kier alpha value is -2.82. The number of hydrogen-bond acceptors (Lipinski definition) is 8. The second-order valence-corrected chi connectivity index (χ2v) is 6.29. The summed E-state index contributed by atoms with van der Waals surface area (Å²) in [5, 5.41) is 20.6. The number of hydrogen-bond donors (Lipinski definition) is 3. The Kier molecular flexibility index (Phi) is 5.26. The van der Waals surface area contributed by atoms with E-state index < -0.39 is 5.91 Å². The summed E-state index contributed by atoms with van der Waals surface area (Å²) in [4.78, 5) is 26.4. The van der Waals surface area contributed by atoms with E-state index in [1.165, 1.54) is 14.0 Å². The van der Waals surface area contributed by atoms with Crippen molar-refractivity contribution in [1.82, 2.24) is 40.9 Å². The number of amides is 2. The summed E-state index contributed by atoms with van der Waals surface area (Å²) in [5.74, 6) is 1.95. The van der Waals surface area contributed by atoms with E-state index >= 15 is 0 Å². The molecule has 0 atom stereocenters. The highest BCUT2D eigenvalue weighted by Gasteiger charge is 2.34. The highest BCUT2D eigenvalue weighted by atomic mass is 16.5. The van der Waals surface area contributed by atoms with E-state index in [0.717, 1.165) is 24.5 Å². The van der Waals surface area contributed by atoms with Gasteiger partial charge in [-0.2, -0.15) is 4.98 Å². The monoisotopic (exact) mass is 362 g/mol. The second kappa shape index (κ2) is 7.60. The van der Waals surface area contributed by atoms with Crippen LogP contribution in [-0.2, 0) is 24.9 Å². The van der Waals surface area contributed by atoms with E-state index in [1.807, 2.05) is 11.6 Å². The quantitative estimate of drug-likeness (QED) is 0.583. The minimum absolute atomic E-state index is 0.00287. The van der Waals surface area contributed by atoms with Gasteiger partial charge in [0.05, 0.1) is 13.1 Å². The molecule has 3 rings (SSSR count). The van der Waals surface area contributed by atoms with Crippen LogP contribution in [0.15, 0.2) is 4.52 Å². The molecule has 2 heterocycles. The molecule has 11 nitrogen and oxygen atoms in total. The summed E-state index contributed by atoms with van der Waals surface area (Å²) < 4.78 is 6.97. The lowest BCUT2D eigenvalue weighted by Crippen LogP contribution is -2.43. The smallest absolute Gasteiger partial charge is 0.292 e. The average molecular weight is 362 g/mol. The van der Waals surface area contributed by atoms with Crippen LogP contribution in [-0.4, -0.2) is 49.8 Å². The van der Waals surface area contributed by atoms with Gasteiger partial charge in [-0.15, -0.1) is 10.2 Å². The van der Waals surface area contributed by atoms with Crippen LogP contribution in [0.3, 0.4) is 0 Å². The number of nitrogens with one attached hydrogen (secondary N) is 3. The van der Waals surface area contributed by atoms with Gasteiger partial charge in [0.15, 0.2) is 0 Å². The van der Waals surface area contributed by atoms with Crippen LogP contribution in [0, 0.1) is 0 Å². The first-order valence-electron chi connectivity index (χ1n) is 8.38. The molecule has 3 N–H and O–H groups in total. The Morgan fingerprint density at radius 3 is 2.73 bits per heavy atom. The van der Waals surface area contributed by atoms with E-state index in [-0.39, 0.29) is 17.8 Å². The van der Waals surface area contributed by atoms with Gasteiger partial charge in [0.2, 0.25) is 11.8 Å². The predicted octanol–water partition coefficient (Wildman–Crippen LogP) is -0.770. The third-order valence-electron chi connectivity index (χ3n) is 4.37. The highest BCUT2D eigenvalue weighted by Crippen LogP contribution is 2.35. The molecule has 0 saturated heterocycles. The van der Waals surface area contributed by atoms with E-state index in [9.17, 15) is 9.59 Å². The molecule has 1 fully saturated rings. The van der Waals surface area contributed by atoms with E-state index in [0.29, 0.717) is 24.9 Å². The molecule has 11 heteroatoms. The van der Waals surface area contributed by atoms with Gasteiger partial charge in [-0.05, 0) is 12.8 Å². The van der Waals surface area contributed by atoms with Gasteiger partial charge < -0.3 is 25.0 Å². The molecule has 26 heavy (non-hydrogen) atoms. The van der Waals surface area contributed by atoms with Gasteiger partial charge in [0.25, 0.3) is 11.7 Å². The third kappa shape index (κ3) is 3.87. The number of carbonyl (C=O) groups excluding carboxylic acids is 2. The van der Waals surface area contributed by atoms with Gasteiger partial charge >= 0.3 is 0 Å². The summed E-state index contributed by atoms with van der Waals surface area (Å²) in [6.45, 7) is 2.32. The molecule has 1 saturated carbocycles. The minimum Gasteiger partial charge on any atom is -0.354 e. The van der Waals surface area contributed by atoms with Crippen molar-refractivity contribution in [3.8, 4) is 0 Å². The van der Waals surface area contributed by atoms with Crippen molar-refractivity contribution in [2.75, 3.05) is 7.05 Å². The Bertz CT molecular complexity index is 793. The highest BCUT2D eigenvalue weighted by molar-refractivity contribution is 5.89. The number of carbonyl (C=O) groups is 2. The lowest BCUT2D eigenvalue weighted by Gasteiger charge is -2.34. The molecule has 0 bridgehead atoms. The van der Waals surface area contributed by atoms with Gasteiger partial charge in [-0.25, -0.2) is 0 Å². The standard InChI is InChI=1S/C15H22N8O3/c1-8(24)18-10-4-9(5-10)14-21-20-11(23(14)3)6-17-7-12-19-13(22-26-12)15(25)16-2/h9-10,17H,4-7H2,1-3H3,(H,16,25)(H,18,24). The molecule has 2 aromatic rings. The number of rotatable bonds is 7. The van der Waals surface area contributed by atoms with Crippen molar-refractivity contribution in [1.29, 1.82) is 0 Å². The molecular formula is C15H22N8O3. The molecule has 2 aromatic heterocycles. The molecular weight excluding hydrogens is 340 g/mol. The zero-order valence-electron chi connectivity index (χ0n) is 14.9.